The molecule has 0 spiro atoms. The van der Waals surface area contributed by atoms with Gasteiger partial charge in [-0.1, -0.05) is 30.3 Å². The van der Waals surface area contributed by atoms with E-state index in [9.17, 15) is 18.0 Å². The number of rotatable bonds is 4. The number of para-hydroxylation sites is 2. The quantitative estimate of drug-likeness (QED) is 0.468. The molecule has 3 N–H and O–H groups in total. The molecule has 0 saturated carbocycles. The van der Waals surface area contributed by atoms with Crippen LogP contribution < -0.4 is 11.1 Å². The average Bonchev–Trinajstić information content (AvgIpc) is 3.12. The number of nitrogens with zero attached hydrogens (tertiary/aromatic N) is 2. The maximum atomic E-state index is 13.2. The molecular weight excluding hydrogens is 393 g/mol. The summed E-state index contributed by atoms with van der Waals surface area (Å²) in [7, 11) is 0. The van der Waals surface area contributed by atoms with E-state index in [1.165, 1.54) is 16.9 Å². The Morgan fingerprint density at radius 3 is 2.43 bits per heavy atom. The Morgan fingerprint density at radius 2 is 1.73 bits per heavy atom. The van der Waals surface area contributed by atoms with Gasteiger partial charge in [-0.3, -0.25) is 9.48 Å². The zero-order valence-electron chi connectivity index (χ0n) is 15.6. The number of halogens is 3. The number of fused-ring (bicyclic) bond motifs is 1. The first-order valence-corrected chi connectivity index (χ1v) is 9.09. The summed E-state index contributed by atoms with van der Waals surface area (Å²) in [6.45, 7) is 0.276. The van der Waals surface area contributed by atoms with E-state index in [-0.39, 0.29) is 17.8 Å². The molecule has 0 radical (unpaired) electrons. The van der Waals surface area contributed by atoms with Crippen LogP contribution >= 0.6 is 0 Å². The Bertz CT molecular complexity index is 1210. The number of anilines is 2. The number of amides is 1. The van der Waals surface area contributed by atoms with E-state index < -0.39 is 11.7 Å². The molecule has 4 rings (SSSR count). The fraction of sp³-hybridized carbons (Fsp3) is 0.0909. The van der Waals surface area contributed by atoms with E-state index in [1.807, 2.05) is 0 Å². The molecule has 3 aromatic carbocycles. The van der Waals surface area contributed by atoms with Gasteiger partial charge in [0.15, 0.2) is 0 Å². The van der Waals surface area contributed by atoms with Crippen molar-refractivity contribution in [1.82, 2.24) is 9.78 Å². The van der Waals surface area contributed by atoms with Crippen molar-refractivity contribution in [2.75, 3.05) is 11.1 Å². The maximum Gasteiger partial charge on any atom is 0.417 e. The molecule has 0 aliphatic rings. The number of nitrogens with two attached hydrogens (primary N) is 1. The van der Waals surface area contributed by atoms with E-state index >= 15 is 0 Å². The third-order valence-electron chi connectivity index (χ3n) is 4.75. The molecule has 8 heteroatoms. The summed E-state index contributed by atoms with van der Waals surface area (Å²) in [4.78, 5) is 12.4. The standard InChI is InChI=1S/C22H17F3N4O/c23-22(24,25)17-4-3-7-20-16(17)12-27-29(20)13-14-8-10-15(11-9-14)21(30)28-19-6-2-1-5-18(19)26/h1-12H,13,26H2,(H,28,30). The second kappa shape index (κ2) is 7.55. The molecule has 0 aliphatic heterocycles. The van der Waals surface area contributed by atoms with Crippen LogP contribution in [0.1, 0.15) is 21.5 Å². The van der Waals surface area contributed by atoms with E-state index in [0.29, 0.717) is 22.5 Å². The van der Waals surface area contributed by atoms with Crippen molar-refractivity contribution >= 4 is 28.2 Å². The fourth-order valence-electron chi connectivity index (χ4n) is 3.22. The highest BCUT2D eigenvalue weighted by molar-refractivity contribution is 6.05. The summed E-state index contributed by atoms with van der Waals surface area (Å²) in [5, 5.41) is 6.92. The molecule has 30 heavy (non-hydrogen) atoms. The summed E-state index contributed by atoms with van der Waals surface area (Å²) >= 11 is 0. The van der Waals surface area contributed by atoms with Gasteiger partial charge in [0.25, 0.3) is 5.91 Å². The van der Waals surface area contributed by atoms with Crippen LogP contribution in [-0.2, 0) is 12.7 Å². The van der Waals surface area contributed by atoms with Crippen LogP contribution in [0.2, 0.25) is 0 Å². The summed E-state index contributed by atoms with van der Waals surface area (Å²) in [6.07, 6.45) is -3.21. The van der Waals surface area contributed by atoms with Crippen molar-refractivity contribution in [3.8, 4) is 0 Å². The van der Waals surface area contributed by atoms with Gasteiger partial charge in [0.1, 0.15) is 0 Å². The molecule has 0 bridgehead atoms. The number of nitrogen functional groups attached to an aromatic ring is 1. The van der Waals surface area contributed by atoms with Gasteiger partial charge in [0.05, 0.1) is 35.2 Å². The smallest absolute Gasteiger partial charge is 0.397 e. The lowest BCUT2D eigenvalue weighted by Crippen LogP contribution is -2.13. The molecule has 4 aromatic rings. The van der Waals surface area contributed by atoms with Crippen LogP contribution in [0.3, 0.4) is 0 Å². The van der Waals surface area contributed by atoms with Gasteiger partial charge in [-0.2, -0.15) is 18.3 Å². The van der Waals surface area contributed by atoms with Crippen molar-refractivity contribution in [1.29, 1.82) is 0 Å². The number of carbonyl (C=O) groups excluding carboxylic acids is 1. The van der Waals surface area contributed by atoms with Crippen LogP contribution in [-0.4, -0.2) is 15.7 Å². The van der Waals surface area contributed by atoms with E-state index in [2.05, 4.69) is 10.4 Å². The number of hydrogen-bond acceptors (Lipinski definition) is 3. The lowest BCUT2D eigenvalue weighted by Gasteiger charge is -2.10. The summed E-state index contributed by atoms with van der Waals surface area (Å²) in [5.74, 6) is -0.307. The van der Waals surface area contributed by atoms with E-state index in [4.69, 9.17) is 5.73 Å². The fourth-order valence-corrected chi connectivity index (χ4v) is 3.22. The third-order valence-corrected chi connectivity index (χ3v) is 4.75. The van der Waals surface area contributed by atoms with Gasteiger partial charge in [-0.25, -0.2) is 0 Å². The van der Waals surface area contributed by atoms with Crippen molar-refractivity contribution in [3.05, 3.63) is 89.6 Å². The number of nitrogens with one attached hydrogen (secondary N) is 1. The highest BCUT2D eigenvalue weighted by Gasteiger charge is 2.33. The summed E-state index contributed by atoms with van der Waals surface area (Å²) in [6, 6.07) is 17.7. The van der Waals surface area contributed by atoms with Crippen molar-refractivity contribution in [2.24, 2.45) is 0 Å². The predicted octanol–water partition coefficient (Wildman–Crippen LogP) is 4.94. The Kier molecular flexibility index (Phi) is 4.91. The molecular formula is C22H17F3N4O. The van der Waals surface area contributed by atoms with Gasteiger partial charge in [0.2, 0.25) is 0 Å². The molecule has 1 amide bonds. The first-order valence-electron chi connectivity index (χ1n) is 9.09. The van der Waals surface area contributed by atoms with Crippen molar-refractivity contribution in [2.45, 2.75) is 12.7 Å². The normalized spacial score (nSPS) is 11.6. The minimum atomic E-state index is -4.44. The van der Waals surface area contributed by atoms with Crippen molar-refractivity contribution < 1.29 is 18.0 Å². The number of benzene rings is 3. The Hall–Kier alpha value is -3.81. The number of hydrogen-bond donors (Lipinski definition) is 2. The molecule has 0 fully saturated rings. The molecule has 0 saturated heterocycles. The molecule has 5 nitrogen and oxygen atoms in total. The van der Waals surface area contributed by atoms with Crippen LogP contribution in [0.25, 0.3) is 10.9 Å². The topological polar surface area (TPSA) is 72.9 Å². The highest BCUT2D eigenvalue weighted by Crippen LogP contribution is 2.34. The predicted molar refractivity (Wildman–Crippen MR) is 109 cm³/mol. The Balaban J connectivity index is 1.53. The van der Waals surface area contributed by atoms with Gasteiger partial charge < -0.3 is 11.1 Å². The van der Waals surface area contributed by atoms with Gasteiger partial charge in [-0.15, -0.1) is 0 Å². The lowest BCUT2D eigenvalue weighted by molar-refractivity contribution is -0.136. The summed E-state index contributed by atoms with van der Waals surface area (Å²) in [5.41, 5.74) is 7.74. The zero-order valence-corrected chi connectivity index (χ0v) is 15.6. The number of carbonyl (C=O) groups is 1. The van der Waals surface area contributed by atoms with Crippen LogP contribution in [0.15, 0.2) is 72.9 Å². The van der Waals surface area contributed by atoms with Gasteiger partial charge >= 0.3 is 6.18 Å². The number of alkyl halides is 3. The first kappa shape index (κ1) is 19.5. The second-order valence-electron chi connectivity index (χ2n) is 6.78. The molecule has 152 valence electrons. The lowest BCUT2D eigenvalue weighted by atomic mass is 10.1. The average molecular weight is 410 g/mol. The Morgan fingerprint density at radius 1 is 1.00 bits per heavy atom. The second-order valence-corrected chi connectivity index (χ2v) is 6.78. The minimum absolute atomic E-state index is 0.0569. The maximum absolute atomic E-state index is 13.2. The first-order chi connectivity index (χ1) is 14.3. The summed E-state index contributed by atoms with van der Waals surface area (Å²) < 4.78 is 41.0. The van der Waals surface area contributed by atoms with Gasteiger partial charge in [-0.05, 0) is 42.0 Å². The highest BCUT2D eigenvalue weighted by atomic mass is 19.4. The van der Waals surface area contributed by atoms with Gasteiger partial charge in [0, 0.05) is 10.9 Å². The molecule has 1 heterocycles. The minimum Gasteiger partial charge on any atom is -0.397 e. The largest absolute Gasteiger partial charge is 0.417 e. The molecule has 0 atom stereocenters. The molecule has 1 aromatic heterocycles. The van der Waals surface area contributed by atoms with E-state index in [0.717, 1.165) is 11.6 Å². The zero-order chi connectivity index (χ0) is 21.3. The molecule has 0 unspecified atom stereocenters. The van der Waals surface area contributed by atoms with Crippen LogP contribution in [0.4, 0.5) is 24.5 Å². The monoisotopic (exact) mass is 410 g/mol. The SMILES string of the molecule is Nc1ccccc1NC(=O)c1ccc(Cn2ncc3c(C(F)(F)F)cccc32)cc1. The Labute approximate surface area is 169 Å². The third kappa shape index (κ3) is 3.84. The molecule has 0 aliphatic carbocycles. The van der Waals surface area contributed by atoms with E-state index in [1.54, 1.807) is 54.6 Å². The van der Waals surface area contributed by atoms with Crippen molar-refractivity contribution in [3.63, 3.8) is 0 Å². The number of aromatic nitrogens is 2. The van der Waals surface area contributed by atoms with Crippen LogP contribution in [0.5, 0.6) is 0 Å². The van der Waals surface area contributed by atoms with Crippen LogP contribution in [0, 0.1) is 0 Å².